The van der Waals surface area contributed by atoms with Gasteiger partial charge in [0.2, 0.25) is 0 Å². The van der Waals surface area contributed by atoms with Gasteiger partial charge in [0.15, 0.2) is 11.9 Å². The normalized spacial score (nSPS) is 16.2. The third kappa shape index (κ3) is 3.25. The number of aromatic amines is 1. The highest BCUT2D eigenvalue weighted by Gasteiger charge is 2.27. The summed E-state index contributed by atoms with van der Waals surface area (Å²) in [6.45, 7) is 0. The number of pyridine rings is 1. The maximum Gasteiger partial charge on any atom is 0.274 e. The van der Waals surface area contributed by atoms with Crippen molar-refractivity contribution >= 4 is 17.4 Å². The lowest BCUT2D eigenvalue weighted by Crippen LogP contribution is -2.22. The van der Waals surface area contributed by atoms with Gasteiger partial charge in [0.1, 0.15) is 5.71 Å². The van der Waals surface area contributed by atoms with Crippen LogP contribution in [-0.2, 0) is 9.63 Å². The minimum atomic E-state index is -0.314. The van der Waals surface area contributed by atoms with Crippen LogP contribution in [0.25, 0.3) is 11.3 Å². The summed E-state index contributed by atoms with van der Waals surface area (Å²) in [6, 6.07) is 15.2. The number of nitrogens with zero attached hydrogens (tertiary/aromatic N) is 3. The van der Waals surface area contributed by atoms with E-state index in [1.54, 1.807) is 18.5 Å². The van der Waals surface area contributed by atoms with E-state index < -0.39 is 0 Å². The van der Waals surface area contributed by atoms with Crippen molar-refractivity contribution in [1.82, 2.24) is 15.2 Å². The van der Waals surface area contributed by atoms with Crippen molar-refractivity contribution in [2.75, 3.05) is 5.32 Å². The highest BCUT2D eigenvalue weighted by molar-refractivity contribution is 6.43. The molecule has 0 spiro atoms. The number of hydrogen-bond acceptors (Lipinski definition) is 5. The standard InChI is InChI=1S/C18H15N5O2/c24-18(15-10-16(25-23-15)13-4-2-1-3-5-13)20-17-11-14(21-22-17)12-6-8-19-9-7-12/h1-9,11,16H,10H2,(H2,20,21,22,24)/t16-/m0/s1. The molecule has 124 valence electrons. The van der Waals surface area contributed by atoms with Crippen LogP contribution in [0, 0.1) is 0 Å². The second kappa shape index (κ2) is 6.56. The first-order valence-corrected chi connectivity index (χ1v) is 7.84. The van der Waals surface area contributed by atoms with Gasteiger partial charge in [-0.3, -0.25) is 14.9 Å². The Morgan fingerprint density at radius 2 is 1.96 bits per heavy atom. The number of H-pyrrole nitrogens is 1. The summed E-state index contributed by atoms with van der Waals surface area (Å²) in [5.74, 6) is 0.119. The summed E-state index contributed by atoms with van der Waals surface area (Å²) < 4.78 is 0. The lowest BCUT2D eigenvalue weighted by atomic mass is 10.0. The molecule has 1 aliphatic heterocycles. The van der Waals surface area contributed by atoms with Crippen LogP contribution in [0.2, 0.25) is 0 Å². The van der Waals surface area contributed by atoms with Gasteiger partial charge in [-0.15, -0.1) is 0 Å². The third-order valence-corrected chi connectivity index (χ3v) is 3.91. The van der Waals surface area contributed by atoms with E-state index in [-0.39, 0.29) is 12.0 Å². The Balaban J connectivity index is 1.41. The molecule has 0 saturated carbocycles. The van der Waals surface area contributed by atoms with Crippen LogP contribution in [0.1, 0.15) is 18.1 Å². The van der Waals surface area contributed by atoms with Gasteiger partial charge in [-0.1, -0.05) is 35.5 Å². The fourth-order valence-corrected chi connectivity index (χ4v) is 2.61. The molecule has 1 atom stereocenters. The van der Waals surface area contributed by atoms with Crippen molar-refractivity contribution in [1.29, 1.82) is 0 Å². The molecule has 0 bridgehead atoms. The van der Waals surface area contributed by atoms with Crippen LogP contribution in [0.4, 0.5) is 5.82 Å². The molecule has 2 aromatic heterocycles. The maximum absolute atomic E-state index is 12.4. The Kier molecular flexibility index (Phi) is 3.96. The van der Waals surface area contributed by atoms with E-state index in [0.717, 1.165) is 16.8 Å². The van der Waals surface area contributed by atoms with E-state index in [1.807, 2.05) is 42.5 Å². The highest BCUT2D eigenvalue weighted by Crippen LogP contribution is 2.27. The lowest BCUT2D eigenvalue weighted by Gasteiger charge is -2.07. The Morgan fingerprint density at radius 3 is 2.76 bits per heavy atom. The van der Waals surface area contributed by atoms with Crippen molar-refractivity contribution in [3.8, 4) is 11.3 Å². The van der Waals surface area contributed by atoms with Gasteiger partial charge in [-0.25, -0.2) is 0 Å². The van der Waals surface area contributed by atoms with Crippen LogP contribution in [0.5, 0.6) is 0 Å². The Morgan fingerprint density at radius 1 is 1.16 bits per heavy atom. The van der Waals surface area contributed by atoms with Crippen LogP contribution < -0.4 is 5.32 Å². The second-order valence-corrected chi connectivity index (χ2v) is 5.60. The van der Waals surface area contributed by atoms with E-state index >= 15 is 0 Å². The van der Waals surface area contributed by atoms with Crippen LogP contribution in [0.3, 0.4) is 0 Å². The first-order valence-electron chi connectivity index (χ1n) is 7.84. The van der Waals surface area contributed by atoms with Gasteiger partial charge in [-0.05, 0) is 17.7 Å². The molecule has 7 heteroatoms. The number of hydrogen-bond donors (Lipinski definition) is 2. The minimum absolute atomic E-state index is 0.228. The van der Waals surface area contributed by atoms with Gasteiger partial charge < -0.3 is 10.2 Å². The molecule has 1 aliphatic rings. The second-order valence-electron chi connectivity index (χ2n) is 5.60. The van der Waals surface area contributed by atoms with E-state index in [2.05, 4.69) is 25.7 Å². The average Bonchev–Trinajstić information content (AvgIpc) is 3.33. The van der Waals surface area contributed by atoms with Crippen molar-refractivity contribution in [3.05, 3.63) is 66.5 Å². The zero-order chi connectivity index (χ0) is 17.1. The predicted molar refractivity (Wildman–Crippen MR) is 92.8 cm³/mol. The number of benzene rings is 1. The zero-order valence-corrected chi connectivity index (χ0v) is 13.2. The molecule has 1 aromatic carbocycles. The number of aromatic nitrogens is 3. The zero-order valence-electron chi connectivity index (χ0n) is 13.2. The van der Waals surface area contributed by atoms with Crippen LogP contribution in [-0.4, -0.2) is 26.8 Å². The van der Waals surface area contributed by atoms with Crippen molar-refractivity contribution in [2.45, 2.75) is 12.5 Å². The Labute approximate surface area is 143 Å². The van der Waals surface area contributed by atoms with E-state index in [0.29, 0.717) is 18.0 Å². The third-order valence-electron chi connectivity index (χ3n) is 3.91. The minimum Gasteiger partial charge on any atom is -0.387 e. The summed E-state index contributed by atoms with van der Waals surface area (Å²) in [5.41, 5.74) is 3.08. The fraction of sp³-hybridized carbons (Fsp3) is 0.111. The molecule has 0 radical (unpaired) electrons. The van der Waals surface area contributed by atoms with Crippen molar-refractivity contribution in [2.24, 2.45) is 5.16 Å². The fourth-order valence-electron chi connectivity index (χ4n) is 2.61. The summed E-state index contributed by atoms with van der Waals surface area (Å²) in [6.07, 6.45) is 3.59. The largest absolute Gasteiger partial charge is 0.387 e. The van der Waals surface area contributed by atoms with E-state index in [4.69, 9.17) is 4.84 Å². The van der Waals surface area contributed by atoms with Crippen LogP contribution in [0.15, 0.2) is 66.1 Å². The molecule has 0 aliphatic carbocycles. The molecule has 0 unspecified atom stereocenters. The van der Waals surface area contributed by atoms with Gasteiger partial charge >= 0.3 is 0 Å². The maximum atomic E-state index is 12.4. The monoisotopic (exact) mass is 333 g/mol. The van der Waals surface area contributed by atoms with E-state index in [9.17, 15) is 4.79 Å². The SMILES string of the molecule is O=C(Nc1cc(-c2ccncc2)[nH]n1)C1=NO[C@H](c2ccccc2)C1. The molecule has 25 heavy (non-hydrogen) atoms. The predicted octanol–water partition coefficient (Wildman–Crippen LogP) is 2.93. The number of anilines is 1. The summed E-state index contributed by atoms with van der Waals surface area (Å²) >= 11 is 0. The molecule has 7 nitrogen and oxygen atoms in total. The molecule has 3 aromatic rings. The highest BCUT2D eigenvalue weighted by atomic mass is 16.6. The number of oxime groups is 1. The van der Waals surface area contributed by atoms with Crippen LogP contribution >= 0.6 is 0 Å². The summed E-state index contributed by atoms with van der Waals surface area (Å²) in [4.78, 5) is 21.7. The molecule has 1 amide bonds. The summed E-state index contributed by atoms with van der Waals surface area (Å²) in [5, 5.41) is 13.6. The van der Waals surface area contributed by atoms with Crippen molar-refractivity contribution in [3.63, 3.8) is 0 Å². The number of carbonyl (C=O) groups is 1. The molecule has 4 rings (SSSR count). The van der Waals surface area contributed by atoms with Gasteiger partial charge in [0, 0.05) is 30.4 Å². The molecule has 0 fully saturated rings. The van der Waals surface area contributed by atoms with Crippen molar-refractivity contribution < 1.29 is 9.63 Å². The molecule has 0 saturated heterocycles. The average molecular weight is 333 g/mol. The Hall–Kier alpha value is -3.48. The summed E-state index contributed by atoms with van der Waals surface area (Å²) in [7, 11) is 0. The van der Waals surface area contributed by atoms with Gasteiger partial charge in [0.05, 0.1) is 5.69 Å². The smallest absolute Gasteiger partial charge is 0.274 e. The Bertz CT molecular complexity index is 905. The number of amides is 1. The quantitative estimate of drug-likeness (QED) is 0.768. The first-order chi connectivity index (χ1) is 12.3. The number of rotatable bonds is 4. The topological polar surface area (TPSA) is 92.3 Å². The lowest BCUT2D eigenvalue weighted by molar-refractivity contribution is -0.110. The molecular formula is C18H15N5O2. The first kappa shape index (κ1) is 15.1. The molecular weight excluding hydrogens is 318 g/mol. The van der Waals surface area contributed by atoms with Gasteiger partial charge in [-0.2, -0.15) is 5.10 Å². The van der Waals surface area contributed by atoms with E-state index in [1.165, 1.54) is 0 Å². The molecule has 2 N–H and O–H groups in total. The van der Waals surface area contributed by atoms with Gasteiger partial charge in [0.25, 0.3) is 5.91 Å². The molecule has 3 heterocycles. The number of carbonyl (C=O) groups excluding carboxylic acids is 1. The number of nitrogens with one attached hydrogen (secondary N) is 2.